The number of fused-ring (bicyclic) bond motifs is 5. The first kappa shape index (κ1) is 24.0. The first-order valence-corrected chi connectivity index (χ1v) is 12.1. The Kier molecular flexibility index (Phi) is 5.98. The van der Waals surface area contributed by atoms with Gasteiger partial charge in [-0.15, -0.1) is 0 Å². The number of alkyl halides is 3. The largest absolute Gasteiger partial charge is 0.504 e. The number of hydrogen-bond donors (Lipinski definition) is 2. The van der Waals surface area contributed by atoms with E-state index in [4.69, 9.17) is 9.57 Å². The summed E-state index contributed by atoms with van der Waals surface area (Å²) in [6, 6.07) is 8.54. The number of phenols is 1. The Bertz CT molecular complexity index is 1150. The molecule has 1 unspecified atom stereocenters. The van der Waals surface area contributed by atoms with Crippen LogP contribution in [0.15, 0.2) is 41.6 Å². The summed E-state index contributed by atoms with van der Waals surface area (Å²) in [4.78, 5) is 5.58. The Balaban J connectivity index is 1.47. The van der Waals surface area contributed by atoms with Crippen molar-refractivity contribution in [1.82, 2.24) is 0 Å². The molecule has 2 N–H and O–H groups in total. The molecule has 2 saturated carbocycles. The van der Waals surface area contributed by atoms with Crippen molar-refractivity contribution in [1.29, 1.82) is 0 Å². The molecule has 0 spiro atoms. The number of halogens is 3. The molecule has 0 heterocycles. The average molecular weight is 490 g/mol. The summed E-state index contributed by atoms with van der Waals surface area (Å²) in [5.41, 5.74) is 2.01. The van der Waals surface area contributed by atoms with E-state index in [0.717, 1.165) is 48.9 Å². The molecule has 0 radical (unpaired) electrons. The third-order valence-corrected chi connectivity index (χ3v) is 8.54. The van der Waals surface area contributed by atoms with Crippen LogP contribution in [0.3, 0.4) is 0 Å². The predicted octanol–water partition coefficient (Wildman–Crippen LogP) is 6.02. The van der Waals surface area contributed by atoms with Crippen molar-refractivity contribution in [2.45, 2.75) is 63.8 Å². The molecule has 3 aliphatic carbocycles. The van der Waals surface area contributed by atoms with Crippen LogP contribution in [0.4, 0.5) is 13.2 Å². The average Bonchev–Trinajstić information content (AvgIpc) is 3.13. The summed E-state index contributed by atoms with van der Waals surface area (Å²) >= 11 is 0. The van der Waals surface area contributed by atoms with Crippen molar-refractivity contribution < 1.29 is 33.0 Å². The molecule has 5 atom stereocenters. The second-order valence-electron chi connectivity index (χ2n) is 10.3. The lowest BCUT2D eigenvalue weighted by Gasteiger charge is -2.50. The molecule has 5 rings (SSSR count). The minimum absolute atomic E-state index is 0.00668. The number of methoxy groups -OCH3 is 1. The number of rotatable bonds is 4. The lowest BCUT2D eigenvalue weighted by atomic mass is 9.55. The van der Waals surface area contributed by atoms with Gasteiger partial charge in [0.05, 0.1) is 24.5 Å². The Morgan fingerprint density at radius 2 is 1.94 bits per heavy atom. The zero-order valence-electron chi connectivity index (χ0n) is 19.8. The topological polar surface area (TPSA) is 71.3 Å². The smallest absolute Gasteiger partial charge is 0.416 e. The van der Waals surface area contributed by atoms with Gasteiger partial charge in [-0.25, -0.2) is 0 Å². The lowest BCUT2D eigenvalue weighted by Crippen LogP contribution is -2.45. The SMILES string of the molecule is COc1cc2c(cc1O)C(=NOCc1cccc(C(F)(F)F)c1)C[C@@H]1[C@@H]2CC[C@]2(C)C(O)CC[C@@H]12. The van der Waals surface area contributed by atoms with Gasteiger partial charge in [-0.3, -0.25) is 0 Å². The van der Waals surface area contributed by atoms with Crippen LogP contribution in [-0.4, -0.2) is 29.1 Å². The van der Waals surface area contributed by atoms with Crippen molar-refractivity contribution in [2.24, 2.45) is 22.4 Å². The molecular weight excluding hydrogens is 459 g/mol. The van der Waals surface area contributed by atoms with Gasteiger partial charge >= 0.3 is 6.18 Å². The number of phenolic OH excluding ortho intramolecular Hbond substituents is 1. The fourth-order valence-corrected chi connectivity index (χ4v) is 6.68. The molecule has 2 aromatic rings. The number of aliphatic hydroxyl groups excluding tert-OH is 1. The Morgan fingerprint density at radius 3 is 2.69 bits per heavy atom. The Labute approximate surface area is 202 Å². The van der Waals surface area contributed by atoms with Gasteiger partial charge in [0.1, 0.15) is 6.61 Å². The number of aliphatic hydroxyl groups is 1. The van der Waals surface area contributed by atoms with Gasteiger partial charge in [-0.1, -0.05) is 24.2 Å². The molecule has 0 aliphatic heterocycles. The van der Waals surface area contributed by atoms with Gasteiger partial charge in [-0.05, 0) is 90.7 Å². The maximum Gasteiger partial charge on any atom is 0.416 e. The third kappa shape index (κ3) is 4.15. The maximum absolute atomic E-state index is 13.0. The quantitative estimate of drug-likeness (QED) is 0.516. The van der Waals surface area contributed by atoms with Crippen LogP contribution in [0.1, 0.15) is 67.2 Å². The summed E-state index contributed by atoms with van der Waals surface area (Å²) < 4.78 is 44.5. The van der Waals surface area contributed by atoms with Crippen LogP contribution in [0.25, 0.3) is 0 Å². The molecule has 5 nitrogen and oxygen atoms in total. The standard InChI is InChI=1S/C27H30F3NO4/c1-26-9-8-17-18-13-24(34-2)23(32)12-20(18)22(11-19(17)21(26)6-7-25(26)33)31-35-14-15-4-3-5-16(10-15)27(28,29)30/h3-5,10,12-13,17,19,21,25,32-33H,6-9,11,14H2,1-2H3/t17-,19-,21+,25?,26+/m1/s1. The highest BCUT2D eigenvalue weighted by Gasteiger charge is 2.55. The molecule has 0 aromatic heterocycles. The molecule has 8 heteroatoms. The molecule has 2 aromatic carbocycles. The number of aromatic hydroxyl groups is 1. The zero-order valence-corrected chi connectivity index (χ0v) is 19.8. The molecule has 0 saturated heterocycles. The Morgan fingerprint density at radius 1 is 1.14 bits per heavy atom. The minimum atomic E-state index is -4.42. The summed E-state index contributed by atoms with van der Waals surface area (Å²) in [5, 5.41) is 25.5. The molecule has 35 heavy (non-hydrogen) atoms. The normalized spacial score (nSPS) is 31.0. The third-order valence-electron chi connectivity index (χ3n) is 8.54. The molecule has 2 fully saturated rings. The van der Waals surface area contributed by atoms with Gasteiger partial charge < -0.3 is 19.8 Å². The molecule has 188 valence electrons. The summed E-state index contributed by atoms with van der Waals surface area (Å²) in [6.07, 6.45) is -0.526. The van der Waals surface area contributed by atoms with Crippen molar-refractivity contribution in [2.75, 3.05) is 7.11 Å². The van der Waals surface area contributed by atoms with Gasteiger partial charge in [0.2, 0.25) is 0 Å². The van der Waals surface area contributed by atoms with Crippen LogP contribution < -0.4 is 4.74 Å². The lowest BCUT2D eigenvalue weighted by molar-refractivity contribution is -0.137. The first-order valence-electron chi connectivity index (χ1n) is 12.1. The van der Waals surface area contributed by atoms with Gasteiger partial charge in [0.15, 0.2) is 11.5 Å². The highest BCUT2D eigenvalue weighted by Crippen LogP contribution is 2.61. The Hall–Kier alpha value is -2.74. The van der Waals surface area contributed by atoms with Crippen molar-refractivity contribution in [3.63, 3.8) is 0 Å². The van der Waals surface area contributed by atoms with Crippen LogP contribution >= 0.6 is 0 Å². The summed E-state index contributed by atoms with van der Waals surface area (Å²) in [5.74, 6) is 1.24. The van der Waals surface area contributed by atoms with E-state index in [9.17, 15) is 23.4 Å². The highest BCUT2D eigenvalue weighted by molar-refractivity contribution is 6.03. The number of hydrogen-bond acceptors (Lipinski definition) is 5. The summed E-state index contributed by atoms with van der Waals surface area (Å²) in [7, 11) is 1.51. The van der Waals surface area contributed by atoms with E-state index in [2.05, 4.69) is 12.1 Å². The second-order valence-corrected chi connectivity index (χ2v) is 10.3. The minimum Gasteiger partial charge on any atom is -0.504 e. The van der Waals surface area contributed by atoms with Crippen LogP contribution in [0.2, 0.25) is 0 Å². The fraction of sp³-hybridized carbons (Fsp3) is 0.519. The number of oxime groups is 1. The van der Waals surface area contributed by atoms with Gasteiger partial charge in [0, 0.05) is 5.56 Å². The molecule has 0 amide bonds. The van der Waals surface area contributed by atoms with Crippen molar-refractivity contribution >= 4 is 5.71 Å². The molecule has 3 aliphatic rings. The zero-order chi connectivity index (χ0) is 25.0. The van der Waals surface area contributed by atoms with E-state index in [1.54, 1.807) is 12.1 Å². The molecule has 0 bridgehead atoms. The highest BCUT2D eigenvalue weighted by atomic mass is 19.4. The van der Waals surface area contributed by atoms with E-state index in [0.29, 0.717) is 29.4 Å². The van der Waals surface area contributed by atoms with Crippen LogP contribution in [0, 0.1) is 17.3 Å². The maximum atomic E-state index is 13.0. The fourth-order valence-electron chi connectivity index (χ4n) is 6.68. The van der Waals surface area contributed by atoms with Crippen molar-refractivity contribution in [3.05, 3.63) is 58.7 Å². The van der Waals surface area contributed by atoms with Gasteiger partial charge in [0.25, 0.3) is 0 Å². The first-order chi connectivity index (χ1) is 16.6. The van der Waals surface area contributed by atoms with E-state index in [-0.39, 0.29) is 35.7 Å². The predicted molar refractivity (Wildman–Crippen MR) is 124 cm³/mol. The van der Waals surface area contributed by atoms with Crippen LogP contribution in [-0.2, 0) is 17.6 Å². The van der Waals surface area contributed by atoms with E-state index in [1.807, 2.05) is 6.07 Å². The summed E-state index contributed by atoms with van der Waals surface area (Å²) in [6.45, 7) is 2.08. The number of nitrogens with zero attached hydrogens (tertiary/aromatic N) is 1. The number of benzene rings is 2. The van der Waals surface area contributed by atoms with Gasteiger partial charge in [-0.2, -0.15) is 13.2 Å². The van der Waals surface area contributed by atoms with Crippen LogP contribution in [0.5, 0.6) is 11.5 Å². The van der Waals surface area contributed by atoms with E-state index >= 15 is 0 Å². The monoisotopic (exact) mass is 489 g/mol. The van der Waals surface area contributed by atoms with E-state index < -0.39 is 11.7 Å². The van der Waals surface area contributed by atoms with E-state index in [1.165, 1.54) is 13.2 Å². The second kappa shape index (κ2) is 8.73. The van der Waals surface area contributed by atoms with Crippen molar-refractivity contribution in [3.8, 4) is 11.5 Å². The number of ether oxygens (including phenoxy) is 1. The molecular formula is C27H30F3NO4.